The maximum absolute atomic E-state index is 12.9. The Balaban J connectivity index is 1.28. The lowest BCUT2D eigenvalue weighted by atomic mass is 9.95. The molecule has 162 valence electrons. The van der Waals surface area contributed by atoms with Crippen LogP contribution < -0.4 is 0 Å². The first-order chi connectivity index (χ1) is 15.0. The van der Waals surface area contributed by atoms with Gasteiger partial charge in [-0.25, -0.2) is 0 Å². The molecule has 1 saturated heterocycles. The van der Waals surface area contributed by atoms with Gasteiger partial charge in [-0.1, -0.05) is 58.7 Å². The molecule has 31 heavy (non-hydrogen) atoms. The number of hydrogen-bond donors (Lipinski definition) is 0. The fraction of sp³-hybridized carbons (Fsp3) is 0.400. The van der Waals surface area contributed by atoms with E-state index >= 15 is 0 Å². The molecule has 0 atom stereocenters. The third-order valence-corrected chi connectivity index (χ3v) is 5.96. The van der Waals surface area contributed by atoms with E-state index in [4.69, 9.17) is 4.52 Å². The lowest BCUT2D eigenvalue weighted by molar-refractivity contribution is -0.136. The van der Waals surface area contributed by atoms with Gasteiger partial charge in [0, 0.05) is 25.1 Å². The van der Waals surface area contributed by atoms with Gasteiger partial charge in [0.1, 0.15) is 0 Å². The van der Waals surface area contributed by atoms with Crippen LogP contribution in [0.5, 0.6) is 0 Å². The number of nitrogens with zero attached hydrogens (tertiary/aromatic N) is 4. The van der Waals surface area contributed by atoms with Crippen molar-refractivity contribution in [2.24, 2.45) is 5.92 Å². The van der Waals surface area contributed by atoms with E-state index in [1.165, 1.54) is 11.1 Å². The largest absolute Gasteiger partial charge is 0.337 e. The molecule has 6 heteroatoms. The topological polar surface area (TPSA) is 62.5 Å². The van der Waals surface area contributed by atoms with Crippen LogP contribution >= 0.6 is 0 Å². The number of benzene rings is 2. The van der Waals surface area contributed by atoms with Crippen molar-refractivity contribution in [1.82, 2.24) is 19.9 Å². The summed E-state index contributed by atoms with van der Waals surface area (Å²) < 4.78 is 5.40. The Morgan fingerprint density at radius 2 is 1.84 bits per heavy atom. The van der Waals surface area contributed by atoms with Crippen molar-refractivity contribution in [1.29, 1.82) is 0 Å². The summed E-state index contributed by atoms with van der Waals surface area (Å²) in [5.41, 5.74) is 4.67. The number of piperidine rings is 1. The van der Waals surface area contributed by atoms with Gasteiger partial charge in [0.25, 0.3) is 0 Å². The van der Waals surface area contributed by atoms with E-state index in [1.54, 1.807) is 4.90 Å². The Kier molecular flexibility index (Phi) is 6.47. The maximum Gasteiger partial charge on any atom is 0.246 e. The summed E-state index contributed by atoms with van der Waals surface area (Å²) in [6.07, 6.45) is 1.76. The van der Waals surface area contributed by atoms with Crippen LogP contribution in [0.1, 0.15) is 35.4 Å². The van der Waals surface area contributed by atoms with Gasteiger partial charge in [-0.2, -0.15) is 4.98 Å². The van der Waals surface area contributed by atoms with Crippen molar-refractivity contribution in [2.75, 3.05) is 20.1 Å². The number of likely N-dealkylation sites (tertiary alicyclic amines) is 1. The number of carbonyl (C=O) groups is 1. The molecule has 1 aliphatic rings. The number of aromatic nitrogens is 2. The van der Waals surface area contributed by atoms with Gasteiger partial charge in [-0.05, 0) is 51.4 Å². The molecule has 2 heterocycles. The highest BCUT2D eigenvalue weighted by Gasteiger charge is 2.28. The van der Waals surface area contributed by atoms with Gasteiger partial charge in [0.05, 0.1) is 6.54 Å². The standard InChI is InChI=1S/C25H30N4O2/c1-18-7-9-20(10-8-18)16-29-13-11-21(12-14-29)25(30)28(3)17-23-26-24(27-31-23)22-6-4-5-19(2)15-22/h4-10,15,21H,11-14,16-17H2,1-3H3. The zero-order valence-electron chi connectivity index (χ0n) is 18.5. The lowest BCUT2D eigenvalue weighted by Gasteiger charge is -2.33. The third-order valence-electron chi connectivity index (χ3n) is 5.96. The first kappa shape index (κ1) is 21.2. The molecule has 0 radical (unpaired) electrons. The second kappa shape index (κ2) is 9.43. The molecule has 6 nitrogen and oxygen atoms in total. The van der Waals surface area contributed by atoms with Crippen LogP contribution in [-0.4, -0.2) is 46.0 Å². The van der Waals surface area contributed by atoms with Gasteiger partial charge < -0.3 is 9.42 Å². The Labute approximate surface area is 183 Å². The van der Waals surface area contributed by atoms with E-state index in [2.05, 4.69) is 46.2 Å². The van der Waals surface area contributed by atoms with Crippen molar-refractivity contribution in [3.63, 3.8) is 0 Å². The summed E-state index contributed by atoms with van der Waals surface area (Å²) in [5.74, 6) is 1.23. The fourth-order valence-electron chi connectivity index (χ4n) is 4.10. The molecule has 0 aliphatic carbocycles. The molecule has 3 aromatic rings. The normalized spacial score (nSPS) is 15.2. The van der Waals surface area contributed by atoms with Crippen molar-refractivity contribution in [3.05, 3.63) is 71.1 Å². The SMILES string of the molecule is Cc1ccc(CN2CCC(C(=O)N(C)Cc3nc(-c4cccc(C)c4)no3)CC2)cc1. The molecule has 2 aromatic carbocycles. The first-order valence-corrected chi connectivity index (χ1v) is 10.9. The third kappa shape index (κ3) is 5.39. The van der Waals surface area contributed by atoms with Gasteiger partial charge >= 0.3 is 0 Å². The van der Waals surface area contributed by atoms with E-state index in [9.17, 15) is 4.79 Å². The predicted octanol–water partition coefficient (Wildman–Crippen LogP) is 4.22. The second-order valence-electron chi connectivity index (χ2n) is 8.61. The summed E-state index contributed by atoms with van der Waals surface area (Å²) in [6, 6.07) is 16.7. The second-order valence-corrected chi connectivity index (χ2v) is 8.61. The van der Waals surface area contributed by atoms with Gasteiger partial charge in [-0.3, -0.25) is 9.69 Å². The predicted molar refractivity (Wildman–Crippen MR) is 120 cm³/mol. The summed E-state index contributed by atoms with van der Waals surface area (Å²) >= 11 is 0. The summed E-state index contributed by atoms with van der Waals surface area (Å²) in [7, 11) is 1.82. The maximum atomic E-state index is 12.9. The monoisotopic (exact) mass is 418 g/mol. The fourth-order valence-corrected chi connectivity index (χ4v) is 4.10. The molecule has 1 aromatic heterocycles. The molecule has 4 rings (SSSR count). The van der Waals surface area contributed by atoms with Crippen molar-refractivity contribution in [3.8, 4) is 11.4 Å². The molecule has 0 bridgehead atoms. The Bertz CT molecular complexity index is 1020. The quantitative estimate of drug-likeness (QED) is 0.600. The van der Waals surface area contributed by atoms with Crippen molar-refractivity contribution >= 4 is 5.91 Å². The van der Waals surface area contributed by atoms with Crippen molar-refractivity contribution in [2.45, 2.75) is 39.8 Å². The Hall–Kier alpha value is -2.99. The van der Waals surface area contributed by atoms with E-state index < -0.39 is 0 Å². The summed E-state index contributed by atoms with van der Waals surface area (Å²) in [4.78, 5) is 21.6. The van der Waals surface area contributed by atoms with Crippen LogP contribution in [0.4, 0.5) is 0 Å². The Morgan fingerprint density at radius 3 is 2.55 bits per heavy atom. The number of carbonyl (C=O) groups excluding carboxylic acids is 1. The van der Waals surface area contributed by atoms with Crippen LogP contribution in [0.3, 0.4) is 0 Å². The van der Waals surface area contributed by atoms with Crippen LogP contribution in [0.25, 0.3) is 11.4 Å². The zero-order chi connectivity index (χ0) is 21.8. The average molecular weight is 419 g/mol. The molecular formula is C25H30N4O2. The molecule has 1 aliphatic heterocycles. The first-order valence-electron chi connectivity index (χ1n) is 10.9. The molecule has 1 fully saturated rings. The number of aryl methyl sites for hydroxylation is 2. The lowest BCUT2D eigenvalue weighted by Crippen LogP contribution is -2.40. The molecule has 0 spiro atoms. The van der Waals surface area contributed by atoms with E-state index in [0.717, 1.165) is 43.6 Å². The van der Waals surface area contributed by atoms with Gasteiger partial charge in [0.2, 0.25) is 17.6 Å². The van der Waals surface area contributed by atoms with Crippen LogP contribution in [-0.2, 0) is 17.9 Å². The highest BCUT2D eigenvalue weighted by atomic mass is 16.5. The van der Waals surface area contributed by atoms with Gasteiger partial charge in [0.15, 0.2) is 0 Å². The molecule has 0 saturated carbocycles. The minimum absolute atomic E-state index is 0.0541. The molecule has 0 unspecified atom stereocenters. The van der Waals surface area contributed by atoms with Crippen molar-refractivity contribution < 1.29 is 9.32 Å². The minimum Gasteiger partial charge on any atom is -0.337 e. The van der Waals surface area contributed by atoms with Gasteiger partial charge in [-0.15, -0.1) is 0 Å². The van der Waals surface area contributed by atoms with E-state index in [0.29, 0.717) is 18.3 Å². The smallest absolute Gasteiger partial charge is 0.246 e. The minimum atomic E-state index is 0.0541. The molecular weight excluding hydrogens is 388 g/mol. The summed E-state index contributed by atoms with van der Waals surface area (Å²) in [5, 5.41) is 4.08. The zero-order valence-corrected chi connectivity index (χ0v) is 18.5. The number of amides is 1. The highest BCUT2D eigenvalue weighted by molar-refractivity contribution is 5.78. The van der Waals surface area contributed by atoms with E-state index in [1.807, 2.05) is 38.2 Å². The summed E-state index contributed by atoms with van der Waals surface area (Å²) in [6.45, 7) is 7.30. The van der Waals surface area contributed by atoms with Crippen LogP contribution in [0.15, 0.2) is 53.1 Å². The molecule has 0 N–H and O–H groups in total. The highest BCUT2D eigenvalue weighted by Crippen LogP contribution is 2.22. The number of rotatable bonds is 6. The molecule has 1 amide bonds. The number of hydrogen-bond acceptors (Lipinski definition) is 5. The van der Waals surface area contributed by atoms with E-state index in [-0.39, 0.29) is 11.8 Å². The Morgan fingerprint density at radius 1 is 1.10 bits per heavy atom. The van der Waals surface area contributed by atoms with Crippen LogP contribution in [0, 0.1) is 19.8 Å². The van der Waals surface area contributed by atoms with Crippen LogP contribution in [0.2, 0.25) is 0 Å². The average Bonchev–Trinajstić information content (AvgIpc) is 3.24.